The summed E-state index contributed by atoms with van der Waals surface area (Å²) in [5.41, 5.74) is 1.13. The Bertz CT molecular complexity index is 684. The zero-order chi connectivity index (χ0) is 21.2. The molecule has 31 heavy (non-hydrogen) atoms. The predicted molar refractivity (Wildman–Crippen MR) is 135 cm³/mol. The minimum Gasteiger partial charge on any atom is -0.450 e. The van der Waals surface area contributed by atoms with E-state index in [2.05, 4.69) is 37.6 Å². The number of pyridine rings is 1. The van der Waals surface area contributed by atoms with E-state index in [9.17, 15) is 4.79 Å². The van der Waals surface area contributed by atoms with E-state index in [1.807, 2.05) is 13.1 Å². The van der Waals surface area contributed by atoms with Crippen molar-refractivity contribution in [2.75, 3.05) is 44.7 Å². The summed E-state index contributed by atoms with van der Waals surface area (Å²) in [5, 5.41) is 6.85. The Balaban J connectivity index is 0.00000341. The molecule has 2 N–H and O–H groups in total. The molecule has 3 heterocycles. The van der Waals surface area contributed by atoms with Crippen molar-refractivity contribution < 1.29 is 9.53 Å². The topological polar surface area (TPSA) is 82.1 Å². The van der Waals surface area contributed by atoms with Crippen LogP contribution in [0.4, 0.5) is 10.6 Å². The highest BCUT2D eigenvalue weighted by Gasteiger charge is 2.24. The lowest BCUT2D eigenvalue weighted by Gasteiger charge is -2.32. The molecule has 3 rings (SSSR count). The largest absolute Gasteiger partial charge is 0.450 e. The van der Waals surface area contributed by atoms with Crippen molar-refractivity contribution in [2.24, 2.45) is 4.99 Å². The van der Waals surface area contributed by atoms with Gasteiger partial charge in [0, 0.05) is 52.0 Å². The average Bonchev–Trinajstić information content (AvgIpc) is 3.07. The van der Waals surface area contributed by atoms with E-state index < -0.39 is 0 Å². The molecule has 9 heteroatoms. The summed E-state index contributed by atoms with van der Waals surface area (Å²) in [6.45, 7) is 6.55. The number of nitrogens with zero attached hydrogens (tertiary/aromatic N) is 4. The van der Waals surface area contributed by atoms with Crippen molar-refractivity contribution in [1.29, 1.82) is 0 Å². The summed E-state index contributed by atoms with van der Waals surface area (Å²) in [6, 6.07) is 4.57. The molecule has 0 atom stereocenters. The number of rotatable bonds is 5. The van der Waals surface area contributed by atoms with Crippen molar-refractivity contribution in [3.63, 3.8) is 0 Å². The zero-order valence-electron chi connectivity index (χ0n) is 18.8. The molecule has 0 spiro atoms. The molecule has 1 aromatic heterocycles. The fourth-order valence-corrected chi connectivity index (χ4v) is 4.00. The lowest BCUT2D eigenvalue weighted by molar-refractivity contribution is 0.0963. The summed E-state index contributed by atoms with van der Waals surface area (Å²) in [6.07, 6.45) is 8.67. The molecule has 0 aromatic carbocycles. The first kappa shape index (κ1) is 25.5. The van der Waals surface area contributed by atoms with E-state index in [1.54, 1.807) is 11.9 Å². The van der Waals surface area contributed by atoms with Crippen molar-refractivity contribution in [3.05, 3.63) is 23.9 Å². The SMILES string of the molecule is CCOC(=O)N1CCC(NC(=NC)NCc2ccc(N3CCCCCC3)nc2)CC1.I. The van der Waals surface area contributed by atoms with Crippen molar-refractivity contribution in [1.82, 2.24) is 20.5 Å². The van der Waals surface area contributed by atoms with Crippen LogP contribution in [0, 0.1) is 0 Å². The van der Waals surface area contributed by atoms with Gasteiger partial charge < -0.3 is 25.2 Å². The van der Waals surface area contributed by atoms with Gasteiger partial charge in [-0.25, -0.2) is 9.78 Å². The number of carbonyl (C=O) groups excluding carboxylic acids is 1. The van der Waals surface area contributed by atoms with Gasteiger partial charge >= 0.3 is 6.09 Å². The molecule has 0 unspecified atom stereocenters. The molecule has 1 aromatic rings. The number of aromatic nitrogens is 1. The van der Waals surface area contributed by atoms with Crippen LogP contribution in [0.3, 0.4) is 0 Å². The fraction of sp³-hybridized carbons (Fsp3) is 0.682. The van der Waals surface area contributed by atoms with Gasteiger partial charge in [-0.05, 0) is 44.2 Å². The summed E-state index contributed by atoms with van der Waals surface area (Å²) in [7, 11) is 1.78. The number of nitrogens with one attached hydrogen (secondary N) is 2. The number of hydrogen-bond acceptors (Lipinski definition) is 5. The molecule has 174 valence electrons. The predicted octanol–water partition coefficient (Wildman–Crippen LogP) is 3.37. The first-order valence-electron chi connectivity index (χ1n) is 11.3. The Hall–Kier alpha value is -1.78. The van der Waals surface area contributed by atoms with E-state index >= 15 is 0 Å². The van der Waals surface area contributed by atoms with Crippen LogP contribution >= 0.6 is 24.0 Å². The summed E-state index contributed by atoms with van der Waals surface area (Å²) >= 11 is 0. The first-order valence-corrected chi connectivity index (χ1v) is 11.3. The van der Waals surface area contributed by atoms with E-state index in [-0.39, 0.29) is 30.1 Å². The maximum atomic E-state index is 11.8. The number of hydrogen-bond donors (Lipinski definition) is 2. The Morgan fingerprint density at radius 3 is 2.45 bits per heavy atom. The number of guanidine groups is 1. The number of halogens is 1. The molecular formula is C22H37IN6O2. The molecular weight excluding hydrogens is 507 g/mol. The summed E-state index contributed by atoms with van der Waals surface area (Å²) < 4.78 is 5.08. The van der Waals surface area contributed by atoms with Crippen LogP contribution in [0.1, 0.15) is 51.0 Å². The Morgan fingerprint density at radius 1 is 1.16 bits per heavy atom. The van der Waals surface area contributed by atoms with Crippen LogP contribution in [0.2, 0.25) is 0 Å². The third-order valence-electron chi connectivity index (χ3n) is 5.78. The van der Waals surface area contributed by atoms with Crippen LogP contribution in [-0.2, 0) is 11.3 Å². The molecule has 0 aliphatic carbocycles. The maximum absolute atomic E-state index is 11.8. The van der Waals surface area contributed by atoms with Gasteiger partial charge in [0.05, 0.1) is 6.61 Å². The molecule has 0 saturated carbocycles. The Kier molecular flexibility index (Phi) is 11.2. The molecule has 1 amide bonds. The van der Waals surface area contributed by atoms with Gasteiger partial charge in [0.25, 0.3) is 0 Å². The second-order valence-electron chi connectivity index (χ2n) is 7.96. The van der Waals surface area contributed by atoms with Crippen LogP contribution in [-0.4, -0.2) is 67.8 Å². The highest BCUT2D eigenvalue weighted by atomic mass is 127. The number of aliphatic imine (C=N–C) groups is 1. The maximum Gasteiger partial charge on any atom is 0.409 e. The Morgan fingerprint density at radius 2 is 1.87 bits per heavy atom. The van der Waals surface area contributed by atoms with Crippen LogP contribution in [0.15, 0.2) is 23.3 Å². The number of likely N-dealkylation sites (tertiary alicyclic amines) is 1. The second-order valence-corrected chi connectivity index (χ2v) is 7.96. The van der Waals surface area contributed by atoms with Crippen molar-refractivity contribution >= 4 is 41.8 Å². The van der Waals surface area contributed by atoms with Crippen LogP contribution < -0.4 is 15.5 Å². The minimum atomic E-state index is -0.213. The summed E-state index contributed by atoms with van der Waals surface area (Å²) in [5.74, 6) is 1.86. The molecule has 0 bridgehead atoms. The van der Waals surface area contributed by atoms with Gasteiger partial charge in [-0.1, -0.05) is 18.9 Å². The molecule has 8 nitrogen and oxygen atoms in total. The number of piperidine rings is 1. The second kappa shape index (κ2) is 13.6. The van der Waals surface area contributed by atoms with Crippen LogP contribution in [0.25, 0.3) is 0 Å². The molecule has 2 aliphatic rings. The smallest absolute Gasteiger partial charge is 0.409 e. The van der Waals surface area contributed by atoms with Gasteiger partial charge in [0.2, 0.25) is 0 Å². The lowest BCUT2D eigenvalue weighted by Crippen LogP contribution is -2.49. The highest BCUT2D eigenvalue weighted by Crippen LogP contribution is 2.17. The van der Waals surface area contributed by atoms with Crippen LogP contribution in [0.5, 0.6) is 0 Å². The number of amides is 1. The van der Waals surface area contributed by atoms with Gasteiger partial charge in [0.15, 0.2) is 5.96 Å². The molecule has 2 aliphatic heterocycles. The third-order valence-corrected chi connectivity index (χ3v) is 5.78. The highest BCUT2D eigenvalue weighted by molar-refractivity contribution is 14.0. The van der Waals surface area contributed by atoms with Gasteiger partial charge in [-0.15, -0.1) is 24.0 Å². The summed E-state index contributed by atoms with van der Waals surface area (Å²) in [4.78, 5) is 25.0. The lowest BCUT2D eigenvalue weighted by atomic mass is 10.1. The Labute approximate surface area is 203 Å². The molecule has 2 saturated heterocycles. The van der Waals surface area contributed by atoms with Gasteiger partial charge in [0.1, 0.15) is 5.82 Å². The van der Waals surface area contributed by atoms with Gasteiger partial charge in [-0.3, -0.25) is 4.99 Å². The standard InChI is InChI=1S/C22H36N6O2.HI/c1-3-30-22(29)28-14-10-19(11-15-28)26-21(23-2)25-17-18-8-9-20(24-16-18)27-12-6-4-5-7-13-27;/h8-9,16,19H,3-7,10-15,17H2,1-2H3,(H2,23,25,26);1H. The van der Waals surface area contributed by atoms with E-state index in [1.165, 1.54) is 25.7 Å². The number of carbonyl (C=O) groups is 1. The van der Waals surface area contributed by atoms with E-state index in [0.29, 0.717) is 32.3 Å². The van der Waals surface area contributed by atoms with E-state index in [4.69, 9.17) is 4.74 Å². The molecule has 2 fully saturated rings. The number of ether oxygens (including phenoxy) is 1. The third kappa shape index (κ3) is 8.01. The van der Waals surface area contributed by atoms with Crippen molar-refractivity contribution in [3.8, 4) is 0 Å². The normalized spacial score (nSPS) is 18.1. The first-order chi connectivity index (χ1) is 14.7. The van der Waals surface area contributed by atoms with Crippen molar-refractivity contribution in [2.45, 2.75) is 58.0 Å². The average molecular weight is 544 g/mol. The fourth-order valence-electron chi connectivity index (χ4n) is 4.00. The monoisotopic (exact) mass is 544 g/mol. The minimum absolute atomic E-state index is 0. The van der Waals surface area contributed by atoms with E-state index in [0.717, 1.165) is 43.3 Å². The quantitative estimate of drug-likeness (QED) is 0.336. The zero-order valence-corrected chi connectivity index (χ0v) is 21.1. The van der Waals surface area contributed by atoms with Gasteiger partial charge in [-0.2, -0.15) is 0 Å². The molecule has 0 radical (unpaired) electrons. The number of anilines is 1.